The molecule has 114 valence electrons. The van der Waals surface area contributed by atoms with Gasteiger partial charge in [-0.2, -0.15) is 0 Å². The van der Waals surface area contributed by atoms with Gasteiger partial charge in [-0.1, -0.05) is 26.0 Å². The lowest BCUT2D eigenvalue weighted by Crippen LogP contribution is -2.25. The van der Waals surface area contributed by atoms with Crippen molar-refractivity contribution in [1.82, 2.24) is 4.72 Å². The molecule has 0 aliphatic carbocycles. The molecule has 0 spiro atoms. The fourth-order valence-electron chi connectivity index (χ4n) is 1.61. The van der Waals surface area contributed by atoms with Crippen LogP contribution in [0.15, 0.2) is 29.2 Å². The maximum atomic E-state index is 12.2. The van der Waals surface area contributed by atoms with Crippen molar-refractivity contribution in [2.24, 2.45) is 0 Å². The molecule has 0 saturated heterocycles. The second-order valence-electron chi connectivity index (χ2n) is 4.25. The lowest BCUT2D eigenvalue weighted by molar-refractivity contribution is 0.581. The summed E-state index contributed by atoms with van der Waals surface area (Å²) in [5.41, 5.74) is 0.546. The van der Waals surface area contributed by atoms with Gasteiger partial charge in [0.2, 0.25) is 10.0 Å². The molecule has 0 heterocycles. The molecule has 0 aliphatic heterocycles. The quantitative estimate of drug-likeness (QED) is 0.724. The van der Waals surface area contributed by atoms with Crippen LogP contribution in [0.2, 0.25) is 0 Å². The van der Waals surface area contributed by atoms with E-state index in [1.54, 1.807) is 24.3 Å². The highest BCUT2D eigenvalue weighted by Gasteiger charge is 2.17. The highest BCUT2D eigenvalue weighted by Crippen LogP contribution is 2.20. The second kappa shape index (κ2) is 8.39. The van der Waals surface area contributed by atoms with Gasteiger partial charge in [-0.25, -0.2) is 13.1 Å². The zero-order valence-electron chi connectivity index (χ0n) is 11.9. The van der Waals surface area contributed by atoms with Crippen LogP contribution in [0.25, 0.3) is 0 Å². The molecule has 0 fully saturated rings. The molecule has 7 heteroatoms. The van der Waals surface area contributed by atoms with E-state index in [4.69, 9.17) is 0 Å². The lowest BCUT2D eigenvalue weighted by Gasteiger charge is -2.12. The van der Waals surface area contributed by atoms with Gasteiger partial charge in [0.05, 0.1) is 5.69 Å². The molecule has 1 rings (SSSR count). The summed E-state index contributed by atoms with van der Waals surface area (Å²) >= 11 is 0. The van der Waals surface area contributed by atoms with Crippen molar-refractivity contribution in [1.29, 1.82) is 0 Å². The minimum absolute atomic E-state index is 0.232. The Morgan fingerprint density at radius 3 is 2.50 bits per heavy atom. The van der Waals surface area contributed by atoms with Gasteiger partial charge in [-0.3, -0.25) is 4.21 Å². The molecule has 0 radical (unpaired) electrons. The largest absolute Gasteiger partial charge is 0.383 e. The molecule has 0 aromatic heterocycles. The van der Waals surface area contributed by atoms with Crippen molar-refractivity contribution in [2.75, 3.05) is 29.9 Å². The van der Waals surface area contributed by atoms with Gasteiger partial charge in [0.1, 0.15) is 4.90 Å². The van der Waals surface area contributed by atoms with Gasteiger partial charge in [0, 0.05) is 35.4 Å². The molecule has 1 unspecified atom stereocenters. The molecule has 1 aromatic rings. The summed E-state index contributed by atoms with van der Waals surface area (Å²) in [6, 6.07) is 6.75. The number of hydrogen-bond donors (Lipinski definition) is 2. The Hall–Kier alpha value is -0.920. The summed E-state index contributed by atoms with van der Waals surface area (Å²) in [7, 11) is -4.36. The third-order valence-electron chi connectivity index (χ3n) is 2.69. The number of hydrogen-bond acceptors (Lipinski definition) is 4. The maximum absolute atomic E-state index is 12.2. The standard InChI is InChI=1S/C13H22N2O3S2/c1-3-9-15-20(17,18)13-8-6-5-7-12(13)14-10-11-19(16)4-2/h5-8,14-15H,3-4,9-11H2,1-2H3. The fraction of sp³-hybridized carbons (Fsp3) is 0.538. The van der Waals surface area contributed by atoms with E-state index in [1.807, 2.05) is 13.8 Å². The first kappa shape index (κ1) is 17.1. The lowest BCUT2D eigenvalue weighted by atomic mass is 10.3. The average molecular weight is 318 g/mol. The van der Waals surface area contributed by atoms with Crippen molar-refractivity contribution < 1.29 is 12.6 Å². The summed E-state index contributed by atoms with van der Waals surface area (Å²) in [5.74, 6) is 1.12. The topological polar surface area (TPSA) is 75.3 Å². The highest BCUT2D eigenvalue weighted by molar-refractivity contribution is 7.89. The first-order chi connectivity index (χ1) is 9.51. The Morgan fingerprint density at radius 1 is 1.15 bits per heavy atom. The number of rotatable bonds is 9. The van der Waals surface area contributed by atoms with Crippen LogP contribution in [-0.4, -0.2) is 37.2 Å². The van der Waals surface area contributed by atoms with E-state index < -0.39 is 20.8 Å². The van der Waals surface area contributed by atoms with E-state index in [0.717, 1.165) is 6.42 Å². The van der Waals surface area contributed by atoms with Gasteiger partial charge < -0.3 is 5.32 Å². The first-order valence-electron chi connectivity index (χ1n) is 6.68. The van der Waals surface area contributed by atoms with Gasteiger partial charge in [0.15, 0.2) is 0 Å². The van der Waals surface area contributed by atoms with Crippen molar-refractivity contribution in [3.05, 3.63) is 24.3 Å². The summed E-state index contributed by atoms with van der Waals surface area (Å²) < 4.78 is 38.2. The Labute approximate surface area is 123 Å². The Balaban J connectivity index is 2.80. The van der Waals surface area contributed by atoms with Gasteiger partial charge in [0.25, 0.3) is 0 Å². The van der Waals surface area contributed by atoms with E-state index in [-0.39, 0.29) is 4.90 Å². The maximum Gasteiger partial charge on any atom is 0.242 e. The Bertz CT molecular complexity index is 544. The van der Waals surface area contributed by atoms with Crippen LogP contribution in [0.5, 0.6) is 0 Å². The minimum Gasteiger partial charge on any atom is -0.383 e. The fourth-order valence-corrected chi connectivity index (χ4v) is 3.54. The Kier molecular flexibility index (Phi) is 7.18. The van der Waals surface area contributed by atoms with Gasteiger partial charge in [-0.05, 0) is 18.6 Å². The number of para-hydroxylation sites is 1. The van der Waals surface area contributed by atoms with Crippen LogP contribution in [0, 0.1) is 0 Å². The third-order valence-corrected chi connectivity index (χ3v) is 5.51. The highest BCUT2D eigenvalue weighted by atomic mass is 32.2. The van der Waals surface area contributed by atoms with E-state index in [2.05, 4.69) is 10.0 Å². The van der Waals surface area contributed by atoms with Crippen LogP contribution < -0.4 is 10.0 Å². The van der Waals surface area contributed by atoms with Crippen molar-refractivity contribution >= 4 is 26.5 Å². The summed E-state index contributed by atoms with van der Waals surface area (Å²) in [5, 5.41) is 3.05. The molecule has 5 nitrogen and oxygen atoms in total. The molecule has 1 atom stereocenters. The van der Waals surface area contributed by atoms with Crippen LogP contribution >= 0.6 is 0 Å². The Morgan fingerprint density at radius 2 is 1.85 bits per heavy atom. The van der Waals surface area contributed by atoms with Crippen LogP contribution in [-0.2, 0) is 20.8 Å². The van der Waals surface area contributed by atoms with Crippen LogP contribution in [0.3, 0.4) is 0 Å². The summed E-state index contributed by atoms with van der Waals surface area (Å²) in [4.78, 5) is 0.232. The van der Waals surface area contributed by atoms with Crippen LogP contribution in [0.1, 0.15) is 20.3 Å². The predicted octanol–water partition coefficient (Wildman–Crippen LogP) is 1.56. The van der Waals surface area contributed by atoms with Crippen molar-refractivity contribution in [3.8, 4) is 0 Å². The molecule has 0 aliphatic rings. The summed E-state index contributed by atoms with van der Waals surface area (Å²) in [6.45, 7) is 4.67. The molecule has 0 amide bonds. The van der Waals surface area contributed by atoms with Crippen LogP contribution in [0.4, 0.5) is 5.69 Å². The summed E-state index contributed by atoms with van der Waals surface area (Å²) in [6.07, 6.45) is 0.740. The average Bonchev–Trinajstić information content (AvgIpc) is 2.45. The molecule has 20 heavy (non-hydrogen) atoms. The molecular weight excluding hydrogens is 296 g/mol. The molecule has 0 bridgehead atoms. The number of sulfonamides is 1. The first-order valence-corrected chi connectivity index (χ1v) is 9.66. The number of nitrogens with one attached hydrogen (secondary N) is 2. The van der Waals surface area contributed by atoms with E-state index in [1.165, 1.54) is 0 Å². The van der Waals surface area contributed by atoms with Crippen molar-refractivity contribution in [3.63, 3.8) is 0 Å². The third kappa shape index (κ3) is 5.22. The van der Waals surface area contributed by atoms with Gasteiger partial charge in [-0.15, -0.1) is 0 Å². The van der Waals surface area contributed by atoms with E-state index in [0.29, 0.717) is 30.3 Å². The zero-order chi connectivity index (χ0) is 15.0. The van der Waals surface area contributed by atoms with Gasteiger partial charge >= 0.3 is 0 Å². The van der Waals surface area contributed by atoms with E-state index >= 15 is 0 Å². The van der Waals surface area contributed by atoms with Crippen molar-refractivity contribution in [2.45, 2.75) is 25.2 Å². The molecule has 0 saturated carbocycles. The molecular formula is C13H22N2O3S2. The SMILES string of the molecule is CCCNS(=O)(=O)c1ccccc1NCCS(=O)CC. The minimum atomic E-state index is -3.50. The molecule has 2 N–H and O–H groups in total. The predicted molar refractivity (Wildman–Crippen MR) is 84.0 cm³/mol. The van der Waals surface area contributed by atoms with E-state index in [9.17, 15) is 12.6 Å². The zero-order valence-corrected chi connectivity index (χ0v) is 13.5. The second-order valence-corrected chi connectivity index (χ2v) is 7.85. The molecule has 1 aromatic carbocycles. The normalized spacial score (nSPS) is 13.1. The number of anilines is 1. The monoisotopic (exact) mass is 318 g/mol. The smallest absolute Gasteiger partial charge is 0.242 e. The number of benzene rings is 1.